The Labute approximate surface area is 98.9 Å². The Balaban J connectivity index is 2.15. The summed E-state index contributed by atoms with van der Waals surface area (Å²) < 4.78 is 5.07. The molecule has 0 aliphatic rings. The fraction of sp³-hybridized carbons (Fsp3) is 0.154. The van der Waals surface area contributed by atoms with Crippen molar-refractivity contribution in [1.82, 2.24) is 0 Å². The van der Waals surface area contributed by atoms with E-state index in [1.165, 1.54) is 6.26 Å². The first-order chi connectivity index (χ1) is 8.06. The number of amides is 1. The molecule has 17 heavy (non-hydrogen) atoms. The zero-order valence-corrected chi connectivity index (χ0v) is 9.65. The molecule has 2 aromatic rings. The van der Waals surface area contributed by atoms with E-state index >= 15 is 0 Å². The molecule has 0 saturated carbocycles. The molecule has 4 nitrogen and oxygen atoms in total. The Hall–Kier alpha value is -2.23. The molecule has 1 aromatic heterocycles. The van der Waals surface area contributed by atoms with Gasteiger partial charge in [0.2, 0.25) is 0 Å². The van der Waals surface area contributed by atoms with Crippen LogP contribution >= 0.6 is 0 Å². The zero-order chi connectivity index (χ0) is 12.4. The molecule has 0 saturated heterocycles. The number of aryl methyl sites for hydroxylation is 2. The highest BCUT2D eigenvalue weighted by molar-refractivity contribution is 6.04. The quantitative estimate of drug-likeness (QED) is 0.781. The van der Waals surface area contributed by atoms with Crippen LogP contribution in [0, 0.1) is 13.8 Å². The summed E-state index contributed by atoms with van der Waals surface area (Å²) in [5.74, 6) is 0.672. The Morgan fingerprint density at radius 3 is 2.65 bits per heavy atom. The Kier molecular flexibility index (Phi) is 2.87. The van der Waals surface area contributed by atoms with Crippen molar-refractivity contribution in [3.8, 4) is 5.75 Å². The maximum Gasteiger partial charge on any atom is 0.258 e. The molecule has 2 N–H and O–H groups in total. The third-order valence-corrected chi connectivity index (χ3v) is 2.45. The minimum absolute atomic E-state index is 0.210. The fourth-order valence-corrected chi connectivity index (χ4v) is 1.50. The molecule has 1 amide bonds. The molecule has 2 rings (SSSR count). The minimum atomic E-state index is -0.230. The van der Waals surface area contributed by atoms with Gasteiger partial charge in [0.25, 0.3) is 5.91 Å². The molecular formula is C13H13NO3. The number of anilines is 1. The Morgan fingerprint density at radius 2 is 2.06 bits per heavy atom. The number of carbonyl (C=O) groups excluding carboxylic acids is 1. The molecular weight excluding hydrogens is 218 g/mol. The first-order valence-corrected chi connectivity index (χ1v) is 5.22. The SMILES string of the molecule is Cc1cc(C(=O)Nc2ccc(O)c(C)c2)co1. The van der Waals surface area contributed by atoms with Gasteiger partial charge >= 0.3 is 0 Å². The molecule has 1 aromatic carbocycles. The summed E-state index contributed by atoms with van der Waals surface area (Å²) in [5.41, 5.74) is 1.84. The van der Waals surface area contributed by atoms with Crippen LogP contribution in [0.3, 0.4) is 0 Å². The monoisotopic (exact) mass is 231 g/mol. The van der Waals surface area contributed by atoms with E-state index in [2.05, 4.69) is 5.32 Å². The average Bonchev–Trinajstić information content (AvgIpc) is 2.70. The maximum absolute atomic E-state index is 11.8. The largest absolute Gasteiger partial charge is 0.508 e. The lowest BCUT2D eigenvalue weighted by Gasteiger charge is -2.05. The van der Waals surface area contributed by atoms with Crippen molar-refractivity contribution in [3.63, 3.8) is 0 Å². The van der Waals surface area contributed by atoms with Gasteiger partial charge in [0.05, 0.1) is 5.56 Å². The smallest absolute Gasteiger partial charge is 0.258 e. The lowest BCUT2D eigenvalue weighted by atomic mass is 10.2. The van der Waals surface area contributed by atoms with Crippen molar-refractivity contribution in [2.45, 2.75) is 13.8 Å². The molecule has 0 spiro atoms. The molecule has 88 valence electrons. The first kappa shape index (κ1) is 11.3. The van der Waals surface area contributed by atoms with Crippen LogP contribution in [-0.4, -0.2) is 11.0 Å². The highest BCUT2D eigenvalue weighted by Gasteiger charge is 2.09. The molecule has 0 aliphatic carbocycles. The molecule has 0 atom stereocenters. The van der Waals surface area contributed by atoms with E-state index in [9.17, 15) is 9.90 Å². The number of carbonyl (C=O) groups is 1. The highest BCUT2D eigenvalue weighted by Crippen LogP contribution is 2.20. The number of rotatable bonds is 2. The van der Waals surface area contributed by atoms with Gasteiger partial charge in [-0.25, -0.2) is 0 Å². The van der Waals surface area contributed by atoms with Crippen molar-refractivity contribution in [2.24, 2.45) is 0 Å². The molecule has 0 aliphatic heterocycles. The molecule has 0 fully saturated rings. The third-order valence-electron chi connectivity index (χ3n) is 2.45. The highest BCUT2D eigenvalue weighted by atomic mass is 16.3. The molecule has 4 heteroatoms. The van der Waals surface area contributed by atoms with Gasteiger partial charge in [-0.1, -0.05) is 0 Å². The summed E-state index contributed by atoms with van der Waals surface area (Å²) in [5, 5.41) is 12.1. The topological polar surface area (TPSA) is 62.5 Å². The standard InChI is InChI=1S/C13H13NO3/c1-8-5-11(3-4-12(8)15)14-13(16)10-6-9(2)17-7-10/h3-7,15H,1-2H3,(H,14,16). The van der Waals surface area contributed by atoms with Gasteiger partial charge in [-0.05, 0) is 43.7 Å². The molecule has 0 bridgehead atoms. The summed E-state index contributed by atoms with van der Waals surface area (Å²) >= 11 is 0. The van der Waals surface area contributed by atoms with E-state index in [1.807, 2.05) is 0 Å². The van der Waals surface area contributed by atoms with Gasteiger partial charge in [-0.3, -0.25) is 4.79 Å². The predicted octanol–water partition coefficient (Wildman–Crippen LogP) is 2.85. The van der Waals surface area contributed by atoms with Crippen molar-refractivity contribution < 1.29 is 14.3 Å². The second-order valence-electron chi connectivity index (χ2n) is 3.90. The average molecular weight is 231 g/mol. The van der Waals surface area contributed by atoms with Crippen molar-refractivity contribution in [3.05, 3.63) is 47.4 Å². The van der Waals surface area contributed by atoms with E-state index in [-0.39, 0.29) is 11.7 Å². The second-order valence-corrected chi connectivity index (χ2v) is 3.90. The Morgan fingerprint density at radius 1 is 1.29 bits per heavy atom. The summed E-state index contributed by atoms with van der Waals surface area (Å²) in [6, 6.07) is 6.57. The number of hydrogen-bond donors (Lipinski definition) is 2. The lowest BCUT2D eigenvalue weighted by molar-refractivity contribution is 0.102. The number of nitrogens with one attached hydrogen (secondary N) is 1. The van der Waals surface area contributed by atoms with Gasteiger partial charge in [-0.2, -0.15) is 0 Å². The van der Waals surface area contributed by atoms with E-state index in [0.29, 0.717) is 22.6 Å². The normalized spacial score (nSPS) is 10.2. The van der Waals surface area contributed by atoms with Gasteiger partial charge < -0.3 is 14.8 Å². The Bertz CT molecular complexity index is 558. The summed E-state index contributed by atoms with van der Waals surface area (Å²) in [6.45, 7) is 3.55. The van der Waals surface area contributed by atoms with Crippen LogP contribution in [0.15, 0.2) is 34.9 Å². The van der Waals surface area contributed by atoms with Gasteiger partial charge in [-0.15, -0.1) is 0 Å². The van der Waals surface area contributed by atoms with E-state index in [0.717, 1.165) is 0 Å². The summed E-state index contributed by atoms with van der Waals surface area (Å²) in [7, 11) is 0. The summed E-state index contributed by atoms with van der Waals surface area (Å²) in [6.07, 6.45) is 1.41. The number of aromatic hydroxyl groups is 1. The molecule has 1 heterocycles. The van der Waals surface area contributed by atoms with Crippen LogP contribution in [-0.2, 0) is 0 Å². The number of phenols is 1. The van der Waals surface area contributed by atoms with Crippen LogP contribution in [0.5, 0.6) is 5.75 Å². The van der Waals surface area contributed by atoms with Crippen LogP contribution in [0.1, 0.15) is 21.7 Å². The minimum Gasteiger partial charge on any atom is -0.508 e. The van der Waals surface area contributed by atoms with Crippen LogP contribution in [0.25, 0.3) is 0 Å². The van der Waals surface area contributed by atoms with Gasteiger partial charge in [0.15, 0.2) is 0 Å². The zero-order valence-electron chi connectivity index (χ0n) is 9.65. The van der Waals surface area contributed by atoms with Gasteiger partial charge in [0, 0.05) is 5.69 Å². The number of benzene rings is 1. The molecule has 0 unspecified atom stereocenters. The summed E-state index contributed by atoms with van der Waals surface area (Å²) in [4.78, 5) is 11.8. The number of hydrogen-bond acceptors (Lipinski definition) is 3. The van der Waals surface area contributed by atoms with Crippen molar-refractivity contribution >= 4 is 11.6 Å². The number of furan rings is 1. The number of phenolic OH excluding ortho intramolecular Hbond substituents is 1. The van der Waals surface area contributed by atoms with E-state index < -0.39 is 0 Å². The second kappa shape index (κ2) is 4.33. The first-order valence-electron chi connectivity index (χ1n) is 5.22. The third kappa shape index (κ3) is 2.47. The van der Waals surface area contributed by atoms with Crippen LogP contribution < -0.4 is 5.32 Å². The van der Waals surface area contributed by atoms with Crippen LogP contribution in [0.2, 0.25) is 0 Å². The van der Waals surface area contributed by atoms with Crippen molar-refractivity contribution in [1.29, 1.82) is 0 Å². The lowest BCUT2D eigenvalue weighted by Crippen LogP contribution is -2.10. The fourth-order valence-electron chi connectivity index (χ4n) is 1.50. The predicted molar refractivity (Wildman–Crippen MR) is 64.2 cm³/mol. The molecule has 0 radical (unpaired) electrons. The van der Waals surface area contributed by atoms with Crippen LogP contribution in [0.4, 0.5) is 5.69 Å². The van der Waals surface area contributed by atoms with E-state index in [1.54, 1.807) is 38.1 Å². The van der Waals surface area contributed by atoms with E-state index in [4.69, 9.17) is 4.42 Å². The maximum atomic E-state index is 11.8. The van der Waals surface area contributed by atoms with Crippen molar-refractivity contribution in [2.75, 3.05) is 5.32 Å². The van der Waals surface area contributed by atoms with Gasteiger partial charge in [0.1, 0.15) is 17.8 Å².